The van der Waals surface area contributed by atoms with Crippen LogP contribution in [0.15, 0.2) is 36.1 Å². The highest BCUT2D eigenvalue weighted by molar-refractivity contribution is 6.50. The highest BCUT2D eigenvalue weighted by Gasteiger charge is 2.32. The summed E-state index contributed by atoms with van der Waals surface area (Å²) < 4.78 is 4.35. The molecule has 16 heavy (non-hydrogen) atoms. The Morgan fingerprint density at radius 1 is 1.12 bits per heavy atom. The van der Waals surface area contributed by atoms with Crippen LogP contribution in [0.2, 0.25) is 5.02 Å². The molecule has 0 fully saturated rings. The van der Waals surface area contributed by atoms with Gasteiger partial charge in [-0.15, -0.1) is 0 Å². The van der Waals surface area contributed by atoms with Crippen LogP contribution in [0.4, 0.5) is 0 Å². The van der Waals surface area contributed by atoms with Crippen LogP contribution in [-0.2, 0) is 14.3 Å². The van der Waals surface area contributed by atoms with Crippen molar-refractivity contribution in [3.05, 3.63) is 46.7 Å². The number of hydrogen-bond acceptors (Lipinski definition) is 4. The molecule has 80 valence electrons. The molecule has 0 saturated carbocycles. The van der Waals surface area contributed by atoms with Gasteiger partial charge in [-0.05, 0) is 24.3 Å². The van der Waals surface area contributed by atoms with E-state index in [0.717, 1.165) is 6.26 Å². The minimum atomic E-state index is -1.03. The molecule has 4 nitrogen and oxygen atoms in total. The van der Waals surface area contributed by atoms with E-state index in [-0.39, 0.29) is 11.1 Å². The molecule has 0 aromatic heterocycles. The Bertz CT molecular complexity index is 513. The number of ketones is 2. The van der Waals surface area contributed by atoms with Gasteiger partial charge in [-0.25, -0.2) is 4.79 Å². The third kappa shape index (κ3) is 1.75. The summed E-state index contributed by atoms with van der Waals surface area (Å²) in [5.41, 5.74) is 0.0228. The van der Waals surface area contributed by atoms with Crippen molar-refractivity contribution < 1.29 is 19.1 Å². The van der Waals surface area contributed by atoms with Gasteiger partial charge in [0, 0.05) is 10.6 Å². The van der Waals surface area contributed by atoms with Crippen LogP contribution in [0, 0.1) is 0 Å². The Kier molecular flexibility index (Phi) is 2.58. The highest BCUT2D eigenvalue weighted by atomic mass is 35.5. The summed E-state index contributed by atoms with van der Waals surface area (Å²) in [6.45, 7) is 0. The smallest absolute Gasteiger partial charge is 0.384 e. The number of carbonyl (C=O) groups is 3. The second-order valence-electron chi connectivity index (χ2n) is 3.10. The molecule has 2 rings (SSSR count). The zero-order valence-electron chi connectivity index (χ0n) is 7.90. The predicted octanol–water partition coefficient (Wildman–Crippen LogP) is 1.53. The minimum Gasteiger partial charge on any atom is -0.428 e. The third-order valence-electron chi connectivity index (χ3n) is 2.06. The number of halogens is 1. The topological polar surface area (TPSA) is 60.4 Å². The van der Waals surface area contributed by atoms with Crippen LogP contribution >= 0.6 is 11.6 Å². The third-order valence-corrected chi connectivity index (χ3v) is 2.32. The number of rotatable bonds is 2. The van der Waals surface area contributed by atoms with E-state index in [2.05, 4.69) is 4.74 Å². The van der Waals surface area contributed by atoms with Gasteiger partial charge in [-0.2, -0.15) is 0 Å². The lowest BCUT2D eigenvalue weighted by Gasteiger charge is -1.98. The van der Waals surface area contributed by atoms with Crippen LogP contribution in [0.1, 0.15) is 10.4 Å². The Labute approximate surface area is 95.5 Å². The maximum absolute atomic E-state index is 11.7. The molecule has 1 aliphatic rings. The number of cyclic esters (lactones) is 1. The van der Waals surface area contributed by atoms with E-state index < -0.39 is 17.5 Å². The molecular formula is C11H5ClO4. The Morgan fingerprint density at radius 2 is 1.75 bits per heavy atom. The maximum atomic E-state index is 11.7. The minimum absolute atomic E-state index is 0.257. The van der Waals surface area contributed by atoms with Crippen molar-refractivity contribution >= 4 is 29.1 Å². The number of carbonyl (C=O) groups excluding carboxylic acids is 3. The van der Waals surface area contributed by atoms with Crippen LogP contribution in [-0.4, -0.2) is 17.5 Å². The fourth-order valence-corrected chi connectivity index (χ4v) is 1.37. The molecule has 0 aliphatic carbocycles. The SMILES string of the molecule is O=C1OC=C(C(=O)c2ccc(Cl)cc2)C1=O. The first-order chi connectivity index (χ1) is 7.59. The normalized spacial score (nSPS) is 14.7. The standard InChI is InChI=1S/C11H5ClO4/c12-7-3-1-6(2-4-7)9(13)8-5-16-11(15)10(8)14/h1-5H. The zero-order valence-corrected chi connectivity index (χ0v) is 8.65. The summed E-state index contributed by atoms with van der Waals surface area (Å²) in [5, 5.41) is 0.482. The summed E-state index contributed by atoms with van der Waals surface area (Å²) in [6.07, 6.45) is 0.877. The van der Waals surface area contributed by atoms with E-state index in [9.17, 15) is 14.4 Å². The van der Waals surface area contributed by atoms with E-state index in [4.69, 9.17) is 11.6 Å². The highest BCUT2D eigenvalue weighted by Crippen LogP contribution is 2.17. The van der Waals surface area contributed by atoms with Gasteiger partial charge in [0.05, 0.1) is 0 Å². The van der Waals surface area contributed by atoms with E-state index in [1.54, 1.807) is 0 Å². The molecule has 1 aromatic rings. The number of hydrogen-bond donors (Lipinski definition) is 0. The van der Waals surface area contributed by atoms with Gasteiger partial charge in [0.2, 0.25) is 0 Å². The van der Waals surface area contributed by atoms with Crippen LogP contribution in [0.3, 0.4) is 0 Å². The van der Waals surface area contributed by atoms with Gasteiger partial charge in [0.1, 0.15) is 11.8 Å². The zero-order chi connectivity index (χ0) is 11.7. The average Bonchev–Trinajstić information content (AvgIpc) is 2.60. The van der Waals surface area contributed by atoms with E-state index in [1.807, 2.05) is 0 Å². The number of ether oxygens (including phenoxy) is 1. The van der Waals surface area contributed by atoms with Gasteiger partial charge >= 0.3 is 5.97 Å². The molecule has 0 radical (unpaired) electrons. The van der Waals surface area contributed by atoms with Gasteiger partial charge in [0.25, 0.3) is 5.78 Å². The Morgan fingerprint density at radius 3 is 2.25 bits per heavy atom. The molecule has 0 amide bonds. The lowest BCUT2D eigenvalue weighted by Crippen LogP contribution is -2.15. The van der Waals surface area contributed by atoms with Crippen molar-refractivity contribution in [2.45, 2.75) is 0 Å². The molecule has 5 heteroatoms. The molecular weight excluding hydrogens is 232 g/mol. The summed E-state index contributed by atoms with van der Waals surface area (Å²) in [7, 11) is 0. The average molecular weight is 237 g/mol. The van der Waals surface area contributed by atoms with Crippen LogP contribution < -0.4 is 0 Å². The van der Waals surface area contributed by atoms with E-state index in [1.165, 1.54) is 24.3 Å². The second-order valence-corrected chi connectivity index (χ2v) is 3.54. The fraction of sp³-hybridized carbons (Fsp3) is 0. The lowest BCUT2D eigenvalue weighted by atomic mass is 10.0. The molecule has 1 heterocycles. The first-order valence-corrected chi connectivity index (χ1v) is 4.73. The molecule has 1 aromatic carbocycles. The monoisotopic (exact) mass is 236 g/mol. The quantitative estimate of drug-likeness (QED) is 0.338. The van der Waals surface area contributed by atoms with E-state index >= 15 is 0 Å². The van der Waals surface area contributed by atoms with Crippen LogP contribution in [0.5, 0.6) is 0 Å². The van der Waals surface area contributed by atoms with Crippen molar-refractivity contribution in [3.63, 3.8) is 0 Å². The molecule has 0 saturated heterocycles. The van der Waals surface area contributed by atoms with Crippen molar-refractivity contribution in [1.29, 1.82) is 0 Å². The molecule has 0 atom stereocenters. The van der Waals surface area contributed by atoms with Gasteiger partial charge in [-0.1, -0.05) is 11.6 Å². The molecule has 1 aliphatic heterocycles. The van der Waals surface area contributed by atoms with E-state index in [0.29, 0.717) is 5.02 Å². The van der Waals surface area contributed by atoms with Crippen LogP contribution in [0.25, 0.3) is 0 Å². The largest absolute Gasteiger partial charge is 0.428 e. The summed E-state index contributed by atoms with van der Waals surface area (Å²) in [4.78, 5) is 33.7. The number of Topliss-reactive ketones (excluding diaryl/α,β-unsaturated/α-hetero) is 2. The Hall–Kier alpha value is -1.94. The summed E-state index contributed by atoms with van der Waals surface area (Å²) in [6, 6.07) is 6.00. The van der Waals surface area contributed by atoms with Crippen molar-refractivity contribution in [2.24, 2.45) is 0 Å². The first kappa shape index (κ1) is 10.6. The first-order valence-electron chi connectivity index (χ1n) is 4.35. The van der Waals surface area contributed by atoms with Crippen molar-refractivity contribution in [3.8, 4) is 0 Å². The Balaban J connectivity index is 2.30. The summed E-state index contributed by atoms with van der Waals surface area (Å²) in [5.74, 6) is -2.50. The van der Waals surface area contributed by atoms with Crippen molar-refractivity contribution in [2.75, 3.05) is 0 Å². The van der Waals surface area contributed by atoms with Gasteiger partial charge < -0.3 is 4.74 Å². The predicted molar refractivity (Wildman–Crippen MR) is 55.0 cm³/mol. The molecule has 0 bridgehead atoms. The van der Waals surface area contributed by atoms with Crippen molar-refractivity contribution in [1.82, 2.24) is 0 Å². The summed E-state index contributed by atoms with van der Waals surface area (Å²) >= 11 is 5.66. The second kappa shape index (κ2) is 3.90. The maximum Gasteiger partial charge on any atom is 0.384 e. The number of benzene rings is 1. The number of esters is 1. The molecule has 0 unspecified atom stereocenters. The van der Waals surface area contributed by atoms with Gasteiger partial charge in [-0.3, -0.25) is 9.59 Å². The fourth-order valence-electron chi connectivity index (χ4n) is 1.24. The van der Waals surface area contributed by atoms with Gasteiger partial charge in [0.15, 0.2) is 5.78 Å². The molecule has 0 N–H and O–H groups in total. The molecule has 0 spiro atoms. The lowest BCUT2D eigenvalue weighted by molar-refractivity contribution is -0.145.